The first-order valence-corrected chi connectivity index (χ1v) is 10.3. The van der Waals surface area contributed by atoms with Crippen LogP contribution in [0.25, 0.3) is 0 Å². The Hall–Kier alpha value is -3.88. The number of carboxylic acids is 1. The smallest absolute Gasteiger partial charge is 0.407 e. The Morgan fingerprint density at radius 1 is 0.939 bits per heavy atom. The van der Waals surface area contributed by atoms with Crippen LogP contribution in [0.3, 0.4) is 0 Å². The fourth-order valence-corrected chi connectivity index (χ4v) is 2.72. The van der Waals surface area contributed by atoms with E-state index in [4.69, 9.17) is 14.6 Å². The lowest BCUT2D eigenvalue weighted by Crippen LogP contribution is -2.38. The first-order chi connectivity index (χ1) is 15.4. The van der Waals surface area contributed by atoms with Gasteiger partial charge in [0, 0.05) is 17.7 Å². The maximum Gasteiger partial charge on any atom is 0.407 e. The van der Waals surface area contributed by atoms with Gasteiger partial charge < -0.3 is 25.2 Å². The van der Waals surface area contributed by atoms with E-state index >= 15 is 0 Å². The lowest BCUT2D eigenvalue weighted by molar-refractivity contribution is -0.139. The van der Waals surface area contributed by atoms with E-state index in [9.17, 15) is 19.2 Å². The molecule has 2 aromatic carbocycles. The highest BCUT2D eigenvalue weighted by atomic mass is 16.6. The zero-order chi connectivity index (χ0) is 24.6. The van der Waals surface area contributed by atoms with Gasteiger partial charge in [0.1, 0.15) is 11.4 Å². The summed E-state index contributed by atoms with van der Waals surface area (Å²) in [4.78, 5) is 47.4. The quantitative estimate of drug-likeness (QED) is 0.494. The van der Waals surface area contributed by atoms with Gasteiger partial charge in [-0.05, 0) is 69.7 Å². The number of rotatable bonds is 9. The Morgan fingerprint density at radius 2 is 1.52 bits per heavy atom. The molecule has 33 heavy (non-hydrogen) atoms. The molecule has 0 aliphatic heterocycles. The average Bonchev–Trinajstić information content (AvgIpc) is 2.75. The number of amides is 2. The van der Waals surface area contributed by atoms with Crippen molar-refractivity contribution in [2.24, 2.45) is 0 Å². The van der Waals surface area contributed by atoms with Crippen LogP contribution in [0.4, 0.5) is 4.79 Å². The van der Waals surface area contributed by atoms with E-state index in [2.05, 4.69) is 10.6 Å². The second-order valence-corrected chi connectivity index (χ2v) is 8.32. The molecule has 0 spiro atoms. The fourth-order valence-electron chi connectivity index (χ4n) is 2.72. The van der Waals surface area contributed by atoms with Crippen molar-refractivity contribution >= 4 is 23.8 Å². The van der Waals surface area contributed by atoms with Crippen LogP contribution in [-0.4, -0.2) is 47.1 Å². The molecular weight excluding hydrogens is 428 g/mol. The van der Waals surface area contributed by atoms with Crippen molar-refractivity contribution in [2.45, 2.75) is 45.9 Å². The SMILES string of the molecule is C[C@H](NC(=O)c1ccc(CNC(=O)OC(C)(C)C)cc1)C(=O)c1ccc(OCC(=O)O)cc1. The highest BCUT2D eigenvalue weighted by molar-refractivity contribution is 6.04. The number of ether oxygens (including phenoxy) is 2. The summed E-state index contributed by atoms with van der Waals surface area (Å²) in [6.45, 7) is 6.68. The third-order valence-electron chi connectivity index (χ3n) is 4.29. The first-order valence-electron chi connectivity index (χ1n) is 10.3. The lowest BCUT2D eigenvalue weighted by atomic mass is 10.0. The van der Waals surface area contributed by atoms with Gasteiger partial charge in [-0.1, -0.05) is 12.1 Å². The molecule has 9 nitrogen and oxygen atoms in total. The van der Waals surface area contributed by atoms with Gasteiger partial charge in [0.05, 0.1) is 6.04 Å². The molecule has 0 fully saturated rings. The van der Waals surface area contributed by atoms with Gasteiger partial charge in [-0.15, -0.1) is 0 Å². The molecule has 0 aromatic heterocycles. The number of aliphatic carboxylic acids is 1. The summed E-state index contributed by atoms with van der Waals surface area (Å²) >= 11 is 0. The summed E-state index contributed by atoms with van der Waals surface area (Å²) in [7, 11) is 0. The number of nitrogens with one attached hydrogen (secondary N) is 2. The molecule has 2 rings (SSSR count). The van der Waals surface area contributed by atoms with Crippen molar-refractivity contribution in [3.05, 3.63) is 65.2 Å². The molecule has 0 radical (unpaired) electrons. The molecule has 3 N–H and O–H groups in total. The summed E-state index contributed by atoms with van der Waals surface area (Å²) in [6, 6.07) is 11.8. The number of hydrogen-bond donors (Lipinski definition) is 3. The van der Waals surface area contributed by atoms with E-state index in [1.807, 2.05) is 0 Å². The molecule has 1 atom stereocenters. The molecule has 176 valence electrons. The standard InChI is InChI=1S/C24H28N2O7/c1-15(21(29)17-9-11-19(12-10-17)32-14-20(27)28)26-22(30)18-7-5-16(6-8-18)13-25-23(31)33-24(2,3)4/h5-12,15H,13-14H2,1-4H3,(H,25,31)(H,26,30)(H,27,28)/t15-/m0/s1. The van der Waals surface area contributed by atoms with Crippen LogP contribution in [0, 0.1) is 0 Å². The monoisotopic (exact) mass is 456 g/mol. The molecule has 0 heterocycles. The second-order valence-electron chi connectivity index (χ2n) is 8.32. The number of alkyl carbamates (subject to hydrolysis) is 1. The van der Waals surface area contributed by atoms with Crippen LogP contribution in [0.1, 0.15) is 54.0 Å². The highest BCUT2D eigenvalue weighted by Gasteiger charge is 2.19. The van der Waals surface area contributed by atoms with Crippen LogP contribution in [-0.2, 0) is 16.1 Å². The largest absolute Gasteiger partial charge is 0.482 e. The fraction of sp³-hybridized carbons (Fsp3) is 0.333. The van der Waals surface area contributed by atoms with Crippen molar-refractivity contribution < 1.29 is 33.8 Å². The van der Waals surface area contributed by atoms with Crippen LogP contribution in [0.15, 0.2) is 48.5 Å². The van der Waals surface area contributed by atoms with E-state index in [1.165, 1.54) is 24.3 Å². The summed E-state index contributed by atoms with van der Waals surface area (Å²) in [5, 5.41) is 13.9. The van der Waals surface area contributed by atoms with Crippen LogP contribution >= 0.6 is 0 Å². The van der Waals surface area contributed by atoms with Crippen LogP contribution in [0.2, 0.25) is 0 Å². The van der Waals surface area contributed by atoms with Crippen LogP contribution in [0.5, 0.6) is 5.75 Å². The number of carbonyl (C=O) groups excluding carboxylic acids is 3. The Kier molecular flexibility index (Phi) is 8.56. The number of carboxylic acid groups (broad SMARTS) is 1. The normalized spacial score (nSPS) is 11.8. The summed E-state index contributed by atoms with van der Waals surface area (Å²) in [6.07, 6.45) is -0.530. The van der Waals surface area contributed by atoms with Gasteiger partial charge in [0.15, 0.2) is 12.4 Å². The summed E-state index contributed by atoms with van der Waals surface area (Å²) < 4.78 is 10.2. The maximum atomic E-state index is 12.6. The minimum atomic E-state index is -1.10. The summed E-state index contributed by atoms with van der Waals surface area (Å²) in [5.74, 6) is -1.49. The van der Waals surface area contributed by atoms with E-state index in [0.717, 1.165) is 5.56 Å². The van der Waals surface area contributed by atoms with Crippen molar-refractivity contribution in [1.29, 1.82) is 0 Å². The Labute approximate surface area is 192 Å². The second kappa shape index (κ2) is 11.1. The van der Waals surface area contributed by atoms with Crippen molar-refractivity contribution in [1.82, 2.24) is 10.6 Å². The maximum absolute atomic E-state index is 12.6. The van der Waals surface area contributed by atoms with Gasteiger partial charge in [0.25, 0.3) is 5.91 Å². The van der Waals surface area contributed by atoms with E-state index < -0.39 is 36.2 Å². The van der Waals surface area contributed by atoms with Gasteiger partial charge in [0.2, 0.25) is 0 Å². The minimum Gasteiger partial charge on any atom is -0.482 e. The number of benzene rings is 2. The zero-order valence-electron chi connectivity index (χ0n) is 19.0. The number of ketones is 1. The zero-order valence-corrected chi connectivity index (χ0v) is 19.0. The third-order valence-corrected chi connectivity index (χ3v) is 4.29. The minimum absolute atomic E-state index is 0.248. The summed E-state index contributed by atoms with van der Waals surface area (Å²) in [5.41, 5.74) is 0.921. The number of Topliss-reactive ketones (excluding diaryl/α,β-unsaturated/α-hetero) is 1. The Morgan fingerprint density at radius 3 is 2.06 bits per heavy atom. The van der Waals surface area contributed by atoms with Gasteiger partial charge in [-0.2, -0.15) is 0 Å². The lowest BCUT2D eigenvalue weighted by Gasteiger charge is -2.19. The van der Waals surface area contributed by atoms with Gasteiger partial charge in [-0.25, -0.2) is 9.59 Å². The van der Waals surface area contributed by atoms with Gasteiger partial charge in [-0.3, -0.25) is 9.59 Å². The molecule has 0 aliphatic rings. The molecule has 0 aliphatic carbocycles. The van der Waals surface area contributed by atoms with Crippen LogP contribution < -0.4 is 15.4 Å². The number of hydrogen-bond acceptors (Lipinski definition) is 6. The Bertz CT molecular complexity index is 993. The third kappa shape index (κ3) is 8.64. The molecule has 0 unspecified atom stereocenters. The van der Waals surface area contributed by atoms with Gasteiger partial charge >= 0.3 is 12.1 Å². The molecule has 0 saturated heterocycles. The molecule has 0 saturated carbocycles. The molecular formula is C24H28N2O7. The molecule has 0 bridgehead atoms. The Balaban J connectivity index is 1.88. The topological polar surface area (TPSA) is 131 Å². The molecule has 9 heteroatoms. The molecule has 2 amide bonds. The van der Waals surface area contributed by atoms with E-state index in [0.29, 0.717) is 16.9 Å². The predicted octanol–water partition coefficient (Wildman–Crippen LogP) is 3.18. The molecule has 2 aromatic rings. The highest BCUT2D eigenvalue weighted by Crippen LogP contribution is 2.14. The average molecular weight is 456 g/mol. The van der Waals surface area contributed by atoms with E-state index in [-0.39, 0.29) is 12.3 Å². The van der Waals surface area contributed by atoms with Crippen molar-refractivity contribution in [3.8, 4) is 5.75 Å². The van der Waals surface area contributed by atoms with Crippen molar-refractivity contribution in [3.63, 3.8) is 0 Å². The number of carbonyl (C=O) groups is 4. The first kappa shape index (κ1) is 25.4. The van der Waals surface area contributed by atoms with E-state index in [1.54, 1.807) is 52.0 Å². The predicted molar refractivity (Wildman–Crippen MR) is 120 cm³/mol. The van der Waals surface area contributed by atoms with Crippen molar-refractivity contribution in [2.75, 3.05) is 6.61 Å².